The predicted molar refractivity (Wildman–Crippen MR) is 91.8 cm³/mol. The van der Waals surface area contributed by atoms with Gasteiger partial charge in [0.2, 0.25) is 0 Å². The first-order valence-corrected chi connectivity index (χ1v) is 8.88. The first-order valence-electron chi connectivity index (χ1n) is 8.88. The van der Waals surface area contributed by atoms with Crippen molar-refractivity contribution in [3.63, 3.8) is 0 Å². The van der Waals surface area contributed by atoms with Crippen molar-refractivity contribution in [1.82, 2.24) is 10.2 Å². The molecule has 0 amide bonds. The van der Waals surface area contributed by atoms with Crippen molar-refractivity contribution in [2.45, 2.75) is 58.4 Å². The number of rotatable bonds is 7. The van der Waals surface area contributed by atoms with Crippen LogP contribution in [0.15, 0.2) is 24.3 Å². The molecule has 1 aromatic carbocycles. The van der Waals surface area contributed by atoms with Crippen molar-refractivity contribution in [2.75, 3.05) is 26.2 Å². The molecule has 1 atom stereocenters. The molecule has 1 fully saturated rings. The number of aryl methyl sites for hydroxylation is 1. The van der Waals surface area contributed by atoms with Gasteiger partial charge in [0.15, 0.2) is 0 Å². The highest BCUT2D eigenvalue weighted by molar-refractivity contribution is 5.25. The van der Waals surface area contributed by atoms with Gasteiger partial charge >= 0.3 is 0 Å². The van der Waals surface area contributed by atoms with Crippen molar-refractivity contribution in [2.24, 2.45) is 0 Å². The smallest absolute Gasteiger partial charge is 0.0449 e. The van der Waals surface area contributed by atoms with E-state index < -0.39 is 0 Å². The number of nitrogens with one attached hydrogen (secondary N) is 1. The molecule has 0 aliphatic carbocycles. The Kier molecular flexibility index (Phi) is 7.25. The van der Waals surface area contributed by atoms with Gasteiger partial charge in [-0.1, -0.05) is 51.0 Å². The van der Waals surface area contributed by atoms with Gasteiger partial charge in [-0.3, -0.25) is 0 Å². The van der Waals surface area contributed by atoms with Gasteiger partial charge in [0.1, 0.15) is 0 Å². The van der Waals surface area contributed by atoms with Crippen molar-refractivity contribution >= 4 is 0 Å². The fraction of sp³-hybridized carbons (Fsp3) is 0.684. The van der Waals surface area contributed by atoms with E-state index in [2.05, 4.69) is 48.3 Å². The molecule has 2 rings (SSSR count). The zero-order chi connectivity index (χ0) is 14.9. The Balaban J connectivity index is 2.01. The van der Waals surface area contributed by atoms with Gasteiger partial charge in [-0.15, -0.1) is 0 Å². The number of benzene rings is 1. The zero-order valence-corrected chi connectivity index (χ0v) is 13.9. The minimum atomic E-state index is 0.481. The maximum atomic E-state index is 3.75. The summed E-state index contributed by atoms with van der Waals surface area (Å²) < 4.78 is 0. The summed E-state index contributed by atoms with van der Waals surface area (Å²) in [5.74, 6) is 0. The van der Waals surface area contributed by atoms with E-state index in [-0.39, 0.29) is 0 Å². The molecule has 0 aromatic heterocycles. The molecule has 0 saturated carbocycles. The van der Waals surface area contributed by atoms with Crippen LogP contribution >= 0.6 is 0 Å². The van der Waals surface area contributed by atoms with Crippen LogP contribution in [0, 0.1) is 0 Å². The maximum Gasteiger partial charge on any atom is 0.0449 e. The van der Waals surface area contributed by atoms with E-state index in [1.807, 2.05) is 0 Å². The minimum Gasteiger partial charge on any atom is -0.309 e. The van der Waals surface area contributed by atoms with E-state index in [1.165, 1.54) is 56.3 Å². The third kappa shape index (κ3) is 5.44. The zero-order valence-electron chi connectivity index (χ0n) is 13.9. The number of nitrogens with zero attached hydrogens (tertiary/aromatic N) is 1. The predicted octanol–water partition coefficient (Wildman–Crippen LogP) is 4.17. The van der Waals surface area contributed by atoms with Gasteiger partial charge in [-0.25, -0.2) is 0 Å². The van der Waals surface area contributed by atoms with Crippen LogP contribution in [0.2, 0.25) is 0 Å². The lowest BCUT2D eigenvalue weighted by Crippen LogP contribution is -2.36. The Bertz CT molecular complexity index is 377. The fourth-order valence-corrected chi connectivity index (χ4v) is 3.17. The largest absolute Gasteiger partial charge is 0.309 e. The van der Waals surface area contributed by atoms with Crippen molar-refractivity contribution in [3.8, 4) is 0 Å². The lowest BCUT2D eigenvalue weighted by atomic mass is 10.0. The molecule has 1 unspecified atom stereocenters. The van der Waals surface area contributed by atoms with Crippen LogP contribution < -0.4 is 5.32 Å². The van der Waals surface area contributed by atoms with E-state index in [4.69, 9.17) is 0 Å². The van der Waals surface area contributed by atoms with Crippen LogP contribution in [0.1, 0.15) is 63.1 Å². The quantitative estimate of drug-likeness (QED) is 0.810. The Morgan fingerprint density at radius 2 is 1.67 bits per heavy atom. The van der Waals surface area contributed by atoms with E-state index in [9.17, 15) is 0 Å². The van der Waals surface area contributed by atoms with E-state index in [1.54, 1.807) is 0 Å². The second kappa shape index (κ2) is 9.22. The molecule has 118 valence electrons. The maximum absolute atomic E-state index is 3.75. The average Bonchev–Trinajstić information content (AvgIpc) is 2.80. The van der Waals surface area contributed by atoms with Crippen LogP contribution in [0.25, 0.3) is 0 Å². The summed E-state index contributed by atoms with van der Waals surface area (Å²) in [4.78, 5) is 2.66. The van der Waals surface area contributed by atoms with Gasteiger partial charge < -0.3 is 10.2 Å². The Labute approximate surface area is 130 Å². The summed E-state index contributed by atoms with van der Waals surface area (Å²) in [7, 11) is 0. The summed E-state index contributed by atoms with van der Waals surface area (Å²) >= 11 is 0. The molecule has 0 bridgehead atoms. The number of hydrogen-bond acceptors (Lipinski definition) is 2. The monoisotopic (exact) mass is 288 g/mol. The Hall–Kier alpha value is -0.860. The molecule has 21 heavy (non-hydrogen) atoms. The summed E-state index contributed by atoms with van der Waals surface area (Å²) in [6.45, 7) is 9.28. The highest BCUT2D eigenvalue weighted by Gasteiger charge is 2.16. The molecule has 1 aliphatic rings. The van der Waals surface area contributed by atoms with Gasteiger partial charge in [-0.2, -0.15) is 0 Å². The summed E-state index contributed by atoms with van der Waals surface area (Å²) in [6.07, 6.45) is 7.89. The lowest BCUT2D eigenvalue weighted by Gasteiger charge is -2.27. The van der Waals surface area contributed by atoms with Crippen molar-refractivity contribution in [1.29, 1.82) is 0 Å². The second-order valence-corrected chi connectivity index (χ2v) is 6.32. The molecule has 1 aromatic rings. The molecule has 2 nitrogen and oxygen atoms in total. The molecule has 1 saturated heterocycles. The SMILES string of the molecule is CCCNC(CN1CCCCCC1)c1ccc(CC)cc1. The molecular formula is C19H32N2. The topological polar surface area (TPSA) is 15.3 Å². The van der Waals surface area contributed by atoms with Crippen LogP contribution in [-0.4, -0.2) is 31.1 Å². The molecule has 1 aliphatic heterocycles. The molecular weight excluding hydrogens is 256 g/mol. The Morgan fingerprint density at radius 3 is 2.24 bits per heavy atom. The van der Waals surface area contributed by atoms with Crippen molar-refractivity contribution in [3.05, 3.63) is 35.4 Å². The lowest BCUT2D eigenvalue weighted by molar-refractivity contribution is 0.251. The Morgan fingerprint density at radius 1 is 1.00 bits per heavy atom. The summed E-state index contributed by atoms with van der Waals surface area (Å²) in [5, 5.41) is 3.75. The van der Waals surface area contributed by atoms with Crippen LogP contribution in [0.4, 0.5) is 0 Å². The molecule has 0 radical (unpaired) electrons. The van der Waals surface area contributed by atoms with Crippen molar-refractivity contribution < 1.29 is 0 Å². The molecule has 1 heterocycles. The normalized spacial score (nSPS) is 18.4. The number of likely N-dealkylation sites (tertiary alicyclic amines) is 1. The fourth-order valence-electron chi connectivity index (χ4n) is 3.17. The van der Waals surface area contributed by atoms with E-state index in [0.717, 1.165) is 19.5 Å². The van der Waals surface area contributed by atoms with Crippen LogP contribution in [0.5, 0.6) is 0 Å². The van der Waals surface area contributed by atoms with Gasteiger partial charge in [-0.05, 0) is 56.4 Å². The molecule has 1 N–H and O–H groups in total. The highest BCUT2D eigenvalue weighted by Crippen LogP contribution is 2.18. The number of hydrogen-bond donors (Lipinski definition) is 1. The summed E-state index contributed by atoms with van der Waals surface area (Å²) in [6, 6.07) is 9.71. The third-order valence-electron chi connectivity index (χ3n) is 4.57. The van der Waals surface area contributed by atoms with E-state index in [0.29, 0.717) is 6.04 Å². The minimum absolute atomic E-state index is 0.481. The average molecular weight is 288 g/mol. The first-order chi connectivity index (χ1) is 10.3. The molecule has 0 spiro atoms. The van der Waals surface area contributed by atoms with Gasteiger partial charge in [0, 0.05) is 12.6 Å². The first kappa shape index (κ1) is 16.5. The van der Waals surface area contributed by atoms with Crippen LogP contribution in [0.3, 0.4) is 0 Å². The van der Waals surface area contributed by atoms with Gasteiger partial charge in [0.05, 0.1) is 0 Å². The summed E-state index contributed by atoms with van der Waals surface area (Å²) in [5.41, 5.74) is 2.88. The van der Waals surface area contributed by atoms with Crippen LogP contribution in [-0.2, 0) is 6.42 Å². The second-order valence-electron chi connectivity index (χ2n) is 6.32. The van der Waals surface area contributed by atoms with E-state index >= 15 is 0 Å². The molecule has 2 heteroatoms. The highest BCUT2D eigenvalue weighted by atomic mass is 15.1. The van der Waals surface area contributed by atoms with Gasteiger partial charge in [0.25, 0.3) is 0 Å². The third-order valence-corrected chi connectivity index (χ3v) is 4.57. The standard InChI is InChI=1S/C19H32N2/c1-3-13-20-19(16-21-14-7-5-6-8-15-21)18-11-9-17(4-2)10-12-18/h9-12,19-20H,3-8,13-16H2,1-2H3.